The Bertz CT molecular complexity index is 1420. The zero-order chi connectivity index (χ0) is 30.2. The minimum atomic E-state index is -4.20. The number of nitrogens with one attached hydrogen (secondary N) is 1. The standard InChI is InChI=1S/C31H39N3O6S/c1-7-27(31(36)32-22(2)3)33(20-24-14-16-25(39-5)17-15-24)30(35)21-34(28-10-8-9-11-29(28)40-6)41(37,38)26-18-12-23(4)13-19-26/h8-19,22,27H,7,20-21H2,1-6H3,(H,32,36). The summed E-state index contributed by atoms with van der Waals surface area (Å²) in [6.07, 6.45) is 0.333. The van der Waals surface area contributed by atoms with Crippen LogP contribution in [0.15, 0.2) is 77.7 Å². The molecule has 0 fully saturated rings. The van der Waals surface area contributed by atoms with Crippen LogP contribution in [0.1, 0.15) is 38.3 Å². The Morgan fingerprint density at radius 3 is 2.10 bits per heavy atom. The van der Waals surface area contributed by atoms with Crippen LogP contribution in [0.5, 0.6) is 11.5 Å². The van der Waals surface area contributed by atoms with E-state index in [1.54, 1.807) is 55.6 Å². The van der Waals surface area contributed by atoms with Crippen molar-refractivity contribution in [1.29, 1.82) is 0 Å². The molecule has 0 aliphatic carbocycles. The molecular formula is C31H39N3O6S. The Balaban J connectivity index is 2.09. The van der Waals surface area contributed by atoms with Crippen LogP contribution in [0, 0.1) is 6.92 Å². The molecule has 1 atom stereocenters. The van der Waals surface area contributed by atoms with Crippen molar-refractivity contribution >= 4 is 27.5 Å². The van der Waals surface area contributed by atoms with E-state index in [-0.39, 0.29) is 29.1 Å². The highest BCUT2D eigenvalue weighted by Crippen LogP contribution is 2.32. The van der Waals surface area contributed by atoms with Gasteiger partial charge in [-0.1, -0.05) is 48.9 Å². The van der Waals surface area contributed by atoms with E-state index >= 15 is 0 Å². The highest BCUT2D eigenvalue weighted by atomic mass is 32.2. The molecule has 0 aromatic heterocycles. The second-order valence-electron chi connectivity index (χ2n) is 9.95. The molecule has 0 bridgehead atoms. The Labute approximate surface area is 243 Å². The third-order valence-electron chi connectivity index (χ3n) is 6.57. The number of carbonyl (C=O) groups is 2. The van der Waals surface area contributed by atoms with Gasteiger partial charge in [-0.2, -0.15) is 0 Å². The number of sulfonamides is 1. The summed E-state index contributed by atoms with van der Waals surface area (Å²) in [5, 5.41) is 2.89. The van der Waals surface area contributed by atoms with Crippen LogP contribution >= 0.6 is 0 Å². The summed E-state index contributed by atoms with van der Waals surface area (Å²) in [5.41, 5.74) is 1.88. The van der Waals surface area contributed by atoms with Gasteiger partial charge in [-0.15, -0.1) is 0 Å². The molecule has 10 heteroatoms. The van der Waals surface area contributed by atoms with Crippen molar-refractivity contribution in [3.63, 3.8) is 0 Å². The second kappa shape index (κ2) is 14.0. The number of amides is 2. The van der Waals surface area contributed by atoms with Crippen LogP contribution in [0.2, 0.25) is 0 Å². The molecule has 41 heavy (non-hydrogen) atoms. The molecule has 0 radical (unpaired) electrons. The summed E-state index contributed by atoms with van der Waals surface area (Å²) in [6, 6.07) is 19.3. The lowest BCUT2D eigenvalue weighted by Crippen LogP contribution is -2.53. The van der Waals surface area contributed by atoms with Crippen molar-refractivity contribution in [3.8, 4) is 11.5 Å². The minimum absolute atomic E-state index is 0.0353. The summed E-state index contributed by atoms with van der Waals surface area (Å²) in [4.78, 5) is 28.9. The smallest absolute Gasteiger partial charge is 0.264 e. The Morgan fingerprint density at radius 2 is 1.54 bits per heavy atom. The number of anilines is 1. The predicted molar refractivity (Wildman–Crippen MR) is 160 cm³/mol. The lowest BCUT2D eigenvalue weighted by atomic mass is 10.1. The first-order chi connectivity index (χ1) is 19.5. The number of hydrogen-bond donors (Lipinski definition) is 1. The van der Waals surface area contributed by atoms with Crippen LogP contribution in [0.25, 0.3) is 0 Å². The van der Waals surface area contributed by atoms with Crippen molar-refractivity contribution < 1.29 is 27.5 Å². The van der Waals surface area contributed by atoms with Gasteiger partial charge in [0.05, 0.1) is 24.8 Å². The molecule has 220 valence electrons. The van der Waals surface area contributed by atoms with E-state index < -0.39 is 28.5 Å². The van der Waals surface area contributed by atoms with Crippen LogP contribution in [-0.4, -0.2) is 58.0 Å². The third-order valence-corrected chi connectivity index (χ3v) is 8.34. The molecule has 0 saturated heterocycles. The van der Waals surface area contributed by atoms with E-state index in [2.05, 4.69) is 5.32 Å². The molecule has 0 aliphatic rings. The minimum Gasteiger partial charge on any atom is -0.497 e. The number of ether oxygens (including phenoxy) is 2. The number of rotatable bonds is 13. The zero-order valence-corrected chi connectivity index (χ0v) is 25.3. The van der Waals surface area contributed by atoms with Crippen molar-refractivity contribution in [2.24, 2.45) is 0 Å². The maximum atomic E-state index is 14.2. The predicted octanol–water partition coefficient (Wildman–Crippen LogP) is 4.54. The van der Waals surface area contributed by atoms with E-state index in [1.165, 1.54) is 24.1 Å². The first-order valence-electron chi connectivity index (χ1n) is 13.5. The number of carbonyl (C=O) groups excluding carboxylic acids is 2. The van der Waals surface area contributed by atoms with E-state index in [0.29, 0.717) is 17.9 Å². The molecule has 1 unspecified atom stereocenters. The van der Waals surface area contributed by atoms with Gasteiger partial charge < -0.3 is 19.7 Å². The largest absolute Gasteiger partial charge is 0.497 e. The van der Waals surface area contributed by atoms with Gasteiger partial charge in [0, 0.05) is 12.6 Å². The molecule has 1 N–H and O–H groups in total. The Morgan fingerprint density at radius 1 is 0.902 bits per heavy atom. The normalized spacial score (nSPS) is 12.0. The van der Waals surface area contributed by atoms with Crippen LogP contribution < -0.4 is 19.1 Å². The van der Waals surface area contributed by atoms with Gasteiger partial charge in [0.1, 0.15) is 24.1 Å². The highest BCUT2D eigenvalue weighted by Gasteiger charge is 2.34. The maximum absolute atomic E-state index is 14.2. The monoisotopic (exact) mass is 581 g/mol. The van der Waals surface area contributed by atoms with Crippen LogP contribution in [0.3, 0.4) is 0 Å². The van der Waals surface area contributed by atoms with Crippen molar-refractivity contribution in [2.45, 2.75) is 57.6 Å². The maximum Gasteiger partial charge on any atom is 0.264 e. The molecule has 0 heterocycles. The number of benzene rings is 3. The summed E-state index contributed by atoms with van der Waals surface area (Å²) >= 11 is 0. The molecule has 0 saturated carbocycles. The molecule has 3 aromatic rings. The molecule has 0 spiro atoms. The zero-order valence-electron chi connectivity index (χ0n) is 24.5. The van der Waals surface area contributed by atoms with Gasteiger partial charge >= 0.3 is 0 Å². The first kappa shape index (κ1) is 31.5. The number of aryl methyl sites for hydroxylation is 1. The van der Waals surface area contributed by atoms with E-state index in [4.69, 9.17) is 9.47 Å². The second-order valence-corrected chi connectivity index (χ2v) is 11.8. The topological polar surface area (TPSA) is 105 Å². The Hall–Kier alpha value is -4.05. The fourth-order valence-electron chi connectivity index (χ4n) is 4.41. The first-order valence-corrected chi connectivity index (χ1v) is 14.9. The van der Waals surface area contributed by atoms with Crippen LogP contribution in [-0.2, 0) is 26.2 Å². The molecule has 2 amide bonds. The van der Waals surface area contributed by atoms with E-state index in [0.717, 1.165) is 15.4 Å². The fraction of sp³-hybridized carbons (Fsp3) is 0.355. The molecular weight excluding hydrogens is 542 g/mol. The van der Waals surface area contributed by atoms with Crippen molar-refractivity contribution in [1.82, 2.24) is 10.2 Å². The SMILES string of the molecule is CCC(C(=O)NC(C)C)N(Cc1ccc(OC)cc1)C(=O)CN(c1ccccc1OC)S(=O)(=O)c1ccc(C)cc1. The highest BCUT2D eigenvalue weighted by molar-refractivity contribution is 7.92. The lowest BCUT2D eigenvalue weighted by Gasteiger charge is -2.33. The van der Waals surface area contributed by atoms with Gasteiger partial charge in [-0.3, -0.25) is 13.9 Å². The summed E-state index contributed by atoms with van der Waals surface area (Å²) in [7, 11) is -1.19. The number of nitrogens with zero attached hydrogens (tertiary/aromatic N) is 2. The lowest BCUT2D eigenvalue weighted by molar-refractivity contribution is -0.140. The quantitative estimate of drug-likeness (QED) is 0.318. The van der Waals surface area contributed by atoms with Gasteiger partial charge in [0.15, 0.2) is 0 Å². The molecule has 0 aliphatic heterocycles. The average molecular weight is 582 g/mol. The summed E-state index contributed by atoms with van der Waals surface area (Å²) in [6.45, 7) is 6.92. The fourth-order valence-corrected chi connectivity index (χ4v) is 5.84. The van der Waals surface area contributed by atoms with Crippen LogP contribution in [0.4, 0.5) is 5.69 Å². The average Bonchev–Trinajstić information content (AvgIpc) is 2.95. The van der Waals surface area contributed by atoms with Gasteiger partial charge in [0.25, 0.3) is 10.0 Å². The summed E-state index contributed by atoms with van der Waals surface area (Å²) < 4.78 is 39.8. The van der Waals surface area contributed by atoms with E-state index in [9.17, 15) is 18.0 Å². The van der Waals surface area contributed by atoms with Gasteiger partial charge in [-0.25, -0.2) is 8.42 Å². The number of hydrogen-bond acceptors (Lipinski definition) is 6. The van der Waals surface area contributed by atoms with Crippen molar-refractivity contribution in [3.05, 3.63) is 83.9 Å². The van der Waals surface area contributed by atoms with E-state index in [1.807, 2.05) is 39.8 Å². The molecule has 3 aromatic carbocycles. The summed E-state index contributed by atoms with van der Waals surface area (Å²) in [5.74, 6) is 0.104. The van der Waals surface area contributed by atoms with Crippen molar-refractivity contribution in [2.75, 3.05) is 25.1 Å². The Kier molecular flexibility index (Phi) is 10.8. The van der Waals surface area contributed by atoms with Gasteiger partial charge in [-0.05, 0) is 69.2 Å². The number of para-hydroxylation sites is 2. The molecule has 9 nitrogen and oxygen atoms in total. The molecule has 3 rings (SSSR count). The third kappa shape index (κ3) is 7.79. The van der Waals surface area contributed by atoms with Gasteiger partial charge in [0.2, 0.25) is 11.8 Å². The number of methoxy groups -OCH3 is 2.